The Bertz CT molecular complexity index is 1240. The third-order valence-electron chi connectivity index (χ3n) is 7.09. The first kappa shape index (κ1) is 33.6. The van der Waals surface area contributed by atoms with Gasteiger partial charge >= 0.3 is 0 Å². The van der Waals surface area contributed by atoms with Gasteiger partial charge in [0.15, 0.2) is 23.0 Å². The lowest BCUT2D eigenvalue weighted by atomic mass is 9.90. The van der Waals surface area contributed by atoms with Crippen molar-refractivity contribution in [3.63, 3.8) is 0 Å². The van der Waals surface area contributed by atoms with Crippen LogP contribution >= 0.6 is 0 Å². The fourth-order valence-electron chi connectivity index (χ4n) is 4.95. The summed E-state index contributed by atoms with van der Waals surface area (Å²) in [7, 11) is 9.34. The fourth-order valence-corrected chi connectivity index (χ4v) is 4.95. The zero-order valence-corrected chi connectivity index (χ0v) is 26.2. The molecule has 0 aromatic heterocycles. The van der Waals surface area contributed by atoms with Crippen LogP contribution in [0.2, 0.25) is 0 Å². The van der Waals surface area contributed by atoms with E-state index in [0.29, 0.717) is 34.5 Å². The van der Waals surface area contributed by atoms with Gasteiger partial charge in [-0.2, -0.15) is 0 Å². The van der Waals surface area contributed by atoms with Gasteiger partial charge in [-0.1, -0.05) is 49.3 Å². The molecule has 236 valence electrons. The molecule has 0 radical (unpaired) electrons. The van der Waals surface area contributed by atoms with Crippen molar-refractivity contribution >= 4 is 24.0 Å². The van der Waals surface area contributed by atoms with Gasteiger partial charge in [-0.05, 0) is 48.2 Å². The minimum atomic E-state index is -0.227. The van der Waals surface area contributed by atoms with Gasteiger partial charge in [0.25, 0.3) is 0 Å². The highest BCUT2D eigenvalue weighted by Crippen LogP contribution is 2.39. The number of amides is 2. The summed E-state index contributed by atoms with van der Waals surface area (Å²) in [5, 5.41) is 6.08. The summed E-state index contributed by atoms with van der Waals surface area (Å²) >= 11 is 0. The minimum absolute atomic E-state index is 0.160. The molecule has 1 aliphatic carbocycles. The van der Waals surface area contributed by atoms with Crippen molar-refractivity contribution in [3.05, 3.63) is 71.8 Å². The van der Waals surface area contributed by atoms with Gasteiger partial charge in [0.2, 0.25) is 23.3 Å². The average molecular weight is 607 g/mol. The number of rotatable bonds is 14. The van der Waals surface area contributed by atoms with Crippen molar-refractivity contribution < 1.29 is 38.0 Å². The standard InChI is InChI=1S/C34H42N2O8/c1-39-27-19-23(20-28(40-2)33(27)43-5)13-7-11-17-31(37)35-25-15-9-10-16-26(25)36-32(38)18-12-8-14-24-21-29(41-3)34(44-6)30(22-24)42-4/h7-8,11-14,17-22,25-26H,9-10,15-16H2,1-6H3,(H,35,37)(H,36,38)/b13-7+,14-8+,17-11+,18-12+/t25-,26-/m0/s1. The summed E-state index contributed by atoms with van der Waals surface area (Å²) in [4.78, 5) is 25.3. The van der Waals surface area contributed by atoms with Crippen molar-refractivity contribution in [2.24, 2.45) is 0 Å². The second-order valence-electron chi connectivity index (χ2n) is 9.87. The first-order valence-electron chi connectivity index (χ1n) is 14.3. The molecule has 0 saturated heterocycles. The molecule has 1 saturated carbocycles. The molecule has 0 unspecified atom stereocenters. The molecule has 2 N–H and O–H groups in total. The van der Waals surface area contributed by atoms with Crippen molar-refractivity contribution in [2.45, 2.75) is 37.8 Å². The van der Waals surface area contributed by atoms with Crippen LogP contribution in [0.15, 0.2) is 60.7 Å². The maximum Gasteiger partial charge on any atom is 0.244 e. The number of allylic oxidation sites excluding steroid dienone is 4. The van der Waals surface area contributed by atoms with Crippen LogP contribution < -0.4 is 39.1 Å². The van der Waals surface area contributed by atoms with E-state index in [0.717, 1.165) is 36.8 Å². The molecule has 2 amide bonds. The van der Waals surface area contributed by atoms with Crippen molar-refractivity contribution in [1.29, 1.82) is 0 Å². The van der Waals surface area contributed by atoms with Crippen molar-refractivity contribution in [2.75, 3.05) is 42.7 Å². The Hall–Kier alpha value is -4.86. The number of nitrogens with one attached hydrogen (secondary N) is 2. The third-order valence-corrected chi connectivity index (χ3v) is 7.09. The summed E-state index contributed by atoms with van der Waals surface area (Å²) in [5.41, 5.74) is 1.65. The molecular weight excluding hydrogens is 564 g/mol. The number of carbonyl (C=O) groups excluding carboxylic acids is 2. The summed E-state index contributed by atoms with van der Waals surface area (Å²) in [6, 6.07) is 6.95. The number of ether oxygens (including phenoxy) is 6. The van der Waals surface area contributed by atoms with E-state index < -0.39 is 0 Å². The van der Waals surface area contributed by atoms with Gasteiger partial charge in [-0.15, -0.1) is 0 Å². The zero-order chi connectivity index (χ0) is 31.9. The summed E-state index contributed by atoms with van der Waals surface area (Å²) in [6.45, 7) is 0. The zero-order valence-electron chi connectivity index (χ0n) is 26.2. The van der Waals surface area contributed by atoms with E-state index in [1.807, 2.05) is 36.4 Å². The lowest BCUT2D eigenvalue weighted by Gasteiger charge is -2.32. The Morgan fingerprint density at radius 3 is 1.20 bits per heavy atom. The maximum atomic E-state index is 12.7. The Labute approximate surface area is 259 Å². The van der Waals surface area contributed by atoms with E-state index in [1.54, 1.807) is 67.0 Å². The summed E-state index contributed by atoms with van der Waals surface area (Å²) in [6.07, 6.45) is 17.0. The molecule has 0 aliphatic heterocycles. The van der Waals surface area contributed by atoms with Crippen LogP contribution in [0.5, 0.6) is 34.5 Å². The van der Waals surface area contributed by atoms with Crippen LogP contribution in [-0.2, 0) is 9.59 Å². The second-order valence-corrected chi connectivity index (χ2v) is 9.87. The molecule has 0 spiro atoms. The molecule has 10 nitrogen and oxygen atoms in total. The largest absolute Gasteiger partial charge is 0.493 e. The van der Waals surface area contributed by atoms with E-state index in [1.165, 1.54) is 12.2 Å². The first-order valence-corrected chi connectivity index (χ1v) is 14.3. The van der Waals surface area contributed by atoms with Gasteiger partial charge in [0, 0.05) is 24.2 Å². The SMILES string of the molecule is COc1cc(/C=C/C=C/C(=O)N[C@H]2CCCC[C@@H]2NC(=O)/C=C/C=C/c2cc(OC)c(OC)c(OC)c2)cc(OC)c1OC. The van der Waals surface area contributed by atoms with Crippen LogP contribution in [0.3, 0.4) is 0 Å². The molecule has 0 bridgehead atoms. The minimum Gasteiger partial charge on any atom is -0.493 e. The van der Waals surface area contributed by atoms with Crippen LogP contribution in [-0.4, -0.2) is 66.6 Å². The normalized spacial score (nSPS) is 16.8. The monoisotopic (exact) mass is 606 g/mol. The Balaban J connectivity index is 1.56. The van der Waals surface area contributed by atoms with Crippen molar-refractivity contribution in [3.8, 4) is 34.5 Å². The van der Waals surface area contributed by atoms with Crippen LogP contribution in [0, 0.1) is 0 Å². The number of hydrogen-bond acceptors (Lipinski definition) is 8. The van der Waals surface area contributed by atoms with Gasteiger partial charge in [-0.25, -0.2) is 0 Å². The number of methoxy groups -OCH3 is 6. The Kier molecular flexibility index (Phi) is 13.2. The molecule has 0 heterocycles. The summed E-state index contributed by atoms with van der Waals surface area (Å²) in [5.74, 6) is 2.75. The van der Waals surface area contributed by atoms with E-state index in [2.05, 4.69) is 10.6 Å². The fraction of sp³-hybridized carbons (Fsp3) is 0.353. The Morgan fingerprint density at radius 2 is 0.909 bits per heavy atom. The van der Waals surface area contributed by atoms with E-state index in [4.69, 9.17) is 28.4 Å². The molecule has 2 aromatic rings. The second kappa shape index (κ2) is 17.3. The quantitative estimate of drug-likeness (QED) is 0.225. The van der Waals surface area contributed by atoms with E-state index in [9.17, 15) is 9.59 Å². The predicted molar refractivity (Wildman–Crippen MR) is 171 cm³/mol. The summed E-state index contributed by atoms with van der Waals surface area (Å²) < 4.78 is 32.2. The smallest absolute Gasteiger partial charge is 0.244 e. The van der Waals surface area contributed by atoms with Crippen molar-refractivity contribution in [1.82, 2.24) is 10.6 Å². The molecular formula is C34H42N2O8. The number of carbonyl (C=O) groups is 2. The van der Waals surface area contributed by atoms with Crippen LogP contribution in [0.25, 0.3) is 12.2 Å². The molecule has 2 atom stereocenters. The lowest BCUT2D eigenvalue weighted by molar-refractivity contribution is -0.120. The molecule has 44 heavy (non-hydrogen) atoms. The topological polar surface area (TPSA) is 114 Å². The molecule has 1 aliphatic rings. The highest BCUT2D eigenvalue weighted by Gasteiger charge is 2.26. The highest BCUT2D eigenvalue weighted by molar-refractivity contribution is 5.89. The van der Waals surface area contributed by atoms with E-state index >= 15 is 0 Å². The average Bonchev–Trinajstić information content (AvgIpc) is 3.04. The first-order chi connectivity index (χ1) is 21.4. The van der Waals surface area contributed by atoms with Gasteiger partial charge in [-0.3, -0.25) is 9.59 Å². The predicted octanol–water partition coefficient (Wildman–Crippen LogP) is 5.12. The number of hydrogen-bond donors (Lipinski definition) is 2. The van der Waals surface area contributed by atoms with Crippen LogP contribution in [0.1, 0.15) is 36.8 Å². The van der Waals surface area contributed by atoms with Gasteiger partial charge in [0.1, 0.15) is 0 Å². The van der Waals surface area contributed by atoms with Gasteiger partial charge in [0.05, 0.1) is 42.7 Å². The van der Waals surface area contributed by atoms with E-state index in [-0.39, 0.29) is 23.9 Å². The molecule has 2 aromatic carbocycles. The molecule has 10 heteroatoms. The molecule has 3 rings (SSSR count). The van der Waals surface area contributed by atoms with Gasteiger partial charge < -0.3 is 39.1 Å². The Morgan fingerprint density at radius 1 is 0.568 bits per heavy atom. The highest BCUT2D eigenvalue weighted by atomic mass is 16.5. The molecule has 1 fully saturated rings. The maximum absolute atomic E-state index is 12.7. The van der Waals surface area contributed by atoms with Crippen LogP contribution in [0.4, 0.5) is 0 Å². The number of benzene rings is 2. The lowest BCUT2D eigenvalue weighted by Crippen LogP contribution is -2.52. The third kappa shape index (κ3) is 9.32.